The van der Waals surface area contributed by atoms with E-state index in [1.807, 2.05) is 19.1 Å². The number of fused-ring (bicyclic) bond motifs is 1. The van der Waals surface area contributed by atoms with Crippen molar-refractivity contribution in [3.05, 3.63) is 71.4 Å². The number of amides is 1. The predicted molar refractivity (Wildman–Crippen MR) is 95.9 cm³/mol. The van der Waals surface area contributed by atoms with Gasteiger partial charge in [0.05, 0.1) is 6.54 Å². The molecule has 5 nitrogen and oxygen atoms in total. The Morgan fingerprint density at radius 2 is 1.92 bits per heavy atom. The number of anilines is 1. The van der Waals surface area contributed by atoms with Crippen molar-refractivity contribution in [2.45, 2.75) is 26.3 Å². The van der Waals surface area contributed by atoms with Crippen molar-refractivity contribution in [2.75, 3.05) is 4.90 Å². The van der Waals surface area contributed by atoms with Crippen LogP contribution in [0.2, 0.25) is 0 Å². The largest absolute Gasteiger partial charge is 0.292 e. The predicted octanol–water partition coefficient (Wildman–Crippen LogP) is 3.47. The molecule has 3 heterocycles. The van der Waals surface area contributed by atoms with Gasteiger partial charge in [0, 0.05) is 35.6 Å². The van der Waals surface area contributed by atoms with Gasteiger partial charge in [0.25, 0.3) is 0 Å². The first-order chi connectivity index (χ1) is 12.6. The summed E-state index contributed by atoms with van der Waals surface area (Å²) in [6.07, 6.45) is 4.46. The molecule has 0 aliphatic carbocycles. The Balaban J connectivity index is 1.80. The fourth-order valence-electron chi connectivity index (χ4n) is 3.17. The Morgan fingerprint density at radius 1 is 1.12 bits per heavy atom. The van der Waals surface area contributed by atoms with Gasteiger partial charge in [-0.1, -0.05) is 12.1 Å². The van der Waals surface area contributed by atoms with Gasteiger partial charge in [-0.3, -0.25) is 14.7 Å². The summed E-state index contributed by atoms with van der Waals surface area (Å²) in [7, 11) is 0. The average Bonchev–Trinajstić information content (AvgIpc) is 2.65. The minimum Gasteiger partial charge on any atom is -0.292 e. The lowest BCUT2D eigenvalue weighted by Gasteiger charge is -2.29. The number of aryl methyl sites for hydroxylation is 1. The van der Waals surface area contributed by atoms with Gasteiger partial charge in [0.1, 0.15) is 11.6 Å². The van der Waals surface area contributed by atoms with Crippen LogP contribution in [-0.2, 0) is 17.8 Å². The maximum Gasteiger partial charge on any atom is 0.228 e. The summed E-state index contributed by atoms with van der Waals surface area (Å²) in [6, 6.07) is 9.93. The Kier molecular flexibility index (Phi) is 4.16. The highest BCUT2D eigenvalue weighted by atomic mass is 19.1. The van der Waals surface area contributed by atoms with E-state index in [1.54, 1.807) is 29.4 Å². The Bertz CT molecular complexity index is 975. The zero-order valence-electron chi connectivity index (χ0n) is 14.3. The molecule has 0 atom stereocenters. The maximum absolute atomic E-state index is 13.6. The van der Waals surface area contributed by atoms with Crippen LogP contribution in [0, 0.1) is 12.7 Å². The number of benzene rings is 1. The first kappa shape index (κ1) is 16.3. The molecule has 2 aromatic heterocycles. The fraction of sp³-hybridized carbons (Fsp3) is 0.200. The molecule has 0 N–H and O–H groups in total. The molecule has 130 valence electrons. The Hall–Kier alpha value is -3.15. The van der Waals surface area contributed by atoms with Crippen molar-refractivity contribution < 1.29 is 9.18 Å². The number of hydrogen-bond donors (Lipinski definition) is 0. The van der Waals surface area contributed by atoms with Crippen LogP contribution in [0.1, 0.15) is 23.2 Å². The summed E-state index contributed by atoms with van der Waals surface area (Å²) in [6.45, 7) is 2.33. The molecular weight excluding hydrogens is 331 g/mol. The van der Waals surface area contributed by atoms with E-state index in [1.165, 1.54) is 12.1 Å². The van der Waals surface area contributed by atoms with E-state index in [2.05, 4.69) is 15.0 Å². The first-order valence-corrected chi connectivity index (χ1v) is 8.44. The molecule has 0 spiro atoms. The van der Waals surface area contributed by atoms with E-state index in [0.29, 0.717) is 36.6 Å². The molecule has 1 aliphatic heterocycles. The first-order valence-electron chi connectivity index (χ1n) is 8.44. The Labute approximate surface area is 150 Å². The molecule has 0 bridgehead atoms. The number of hydrogen-bond acceptors (Lipinski definition) is 4. The number of halogens is 1. The minimum absolute atomic E-state index is 0.0256. The van der Waals surface area contributed by atoms with Gasteiger partial charge in [0.15, 0.2) is 5.82 Å². The van der Waals surface area contributed by atoms with Crippen molar-refractivity contribution in [1.29, 1.82) is 0 Å². The van der Waals surface area contributed by atoms with Crippen LogP contribution < -0.4 is 4.90 Å². The summed E-state index contributed by atoms with van der Waals surface area (Å²) in [5.41, 5.74) is 3.36. The van der Waals surface area contributed by atoms with Crippen LogP contribution >= 0.6 is 0 Å². The molecule has 6 heteroatoms. The number of pyridine rings is 1. The highest BCUT2D eigenvalue weighted by Gasteiger charge is 2.28. The van der Waals surface area contributed by atoms with Crippen molar-refractivity contribution in [3.63, 3.8) is 0 Å². The third-order valence-corrected chi connectivity index (χ3v) is 4.51. The van der Waals surface area contributed by atoms with Gasteiger partial charge in [0.2, 0.25) is 5.91 Å². The fourth-order valence-corrected chi connectivity index (χ4v) is 3.17. The second kappa shape index (κ2) is 6.63. The van der Waals surface area contributed by atoms with E-state index in [-0.39, 0.29) is 11.7 Å². The lowest BCUT2D eigenvalue weighted by Crippen LogP contribution is -2.36. The van der Waals surface area contributed by atoms with Crippen molar-refractivity contribution >= 4 is 11.7 Å². The van der Waals surface area contributed by atoms with Crippen LogP contribution in [0.3, 0.4) is 0 Å². The molecule has 0 fully saturated rings. The molecule has 0 saturated carbocycles. The number of carbonyl (C=O) groups excluding carboxylic acids is 1. The third kappa shape index (κ3) is 3.06. The zero-order chi connectivity index (χ0) is 18.1. The number of aromatic nitrogens is 3. The highest BCUT2D eigenvalue weighted by molar-refractivity contribution is 5.95. The van der Waals surface area contributed by atoms with E-state index >= 15 is 0 Å². The number of nitrogens with zero attached hydrogens (tertiary/aromatic N) is 4. The molecular formula is C20H17FN4O. The van der Waals surface area contributed by atoms with Crippen LogP contribution in [0.5, 0.6) is 0 Å². The van der Waals surface area contributed by atoms with Crippen LogP contribution in [0.25, 0.3) is 11.4 Å². The molecule has 0 unspecified atom stereocenters. The molecule has 1 aliphatic rings. The maximum atomic E-state index is 13.6. The zero-order valence-corrected chi connectivity index (χ0v) is 14.3. The smallest absolute Gasteiger partial charge is 0.228 e. The molecule has 1 aromatic carbocycles. The second-order valence-corrected chi connectivity index (χ2v) is 6.28. The van der Waals surface area contributed by atoms with Crippen molar-refractivity contribution in [1.82, 2.24) is 15.0 Å². The Morgan fingerprint density at radius 3 is 2.69 bits per heavy atom. The monoisotopic (exact) mass is 348 g/mol. The molecule has 4 rings (SSSR count). The quantitative estimate of drug-likeness (QED) is 0.727. The second-order valence-electron chi connectivity index (χ2n) is 6.28. The molecule has 26 heavy (non-hydrogen) atoms. The SMILES string of the molecule is Cc1nc(-c2cccc(F)c2)nc2c1CCC(=O)N2Cc1ccncc1. The summed E-state index contributed by atoms with van der Waals surface area (Å²) < 4.78 is 13.6. The number of rotatable bonds is 3. The van der Waals surface area contributed by atoms with E-state index in [0.717, 1.165) is 16.8 Å². The summed E-state index contributed by atoms with van der Waals surface area (Å²) in [4.78, 5) is 27.4. The third-order valence-electron chi connectivity index (χ3n) is 4.51. The van der Waals surface area contributed by atoms with Crippen molar-refractivity contribution in [2.24, 2.45) is 0 Å². The molecule has 0 saturated heterocycles. The lowest BCUT2D eigenvalue weighted by molar-refractivity contribution is -0.119. The van der Waals surface area contributed by atoms with Gasteiger partial charge in [-0.15, -0.1) is 0 Å². The van der Waals surface area contributed by atoms with Gasteiger partial charge < -0.3 is 0 Å². The van der Waals surface area contributed by atoms with Crippen LogP contribution in [-0.4, -0.2) is 20.9 Å². The average molecular weight is 348 g/mol. The van der Waals surface area contributed by atoms with E-state index in [9.17, 15) is 9.18 Å². The summed E-state index contributed by atoms with van der Waals surface area (Å²) in [5, 5.41) is 0. The highest BCUT2D eigenvalue weighted by Crippen LogP contribution is 2.31. The molecule has 1 amide bonds. The van der Waals surface area contributed by atoms with Crippen LogP contribution in [0.4, 0.5) is 10.2 Å². The molecule has 3 aromatic rings. The van der Waals surface area contributed by atoms with E-state index < -0.39 is 0 Å². The van der Waals surface area contributed by atoms with Gasteiger partial charge >= 0.3 is 0 Å². The molecule has 0 radical (unpaired) electrons. The summed E-state index contributed by atoms with van der Waals surface area (Å²) >= 11 is 0. The van der Waals surface area contributed by atoms with Gasteiger partial charge in [-0.05, 0) is 43.2 Å². The normalized spacial score (nSPS) is 13.6. The minimum atomic E-state index is -0.341. The lowest BCUT2D eigenvalue weighted by atomic mass is 10.0. The topological polar surface area (TPSA) is 59.0 Å². The van der Waals surface area contributed by atoms with E-state index in [4.69, 9.17) is 0 Å². The van der Waals surface area contributed by atoms with Crippen LogP contribution in [0.15, 0.2) is 48.8 Å². The summed E-state index contributed by atoms with van der Waals surface area (Å²) in [5.74, 6) is 0.726. The van der Waals surface area contributed by atoms with Crippen molar-refractivity contribution in [3.8, 4) is 11.4 Å². The standard InChI is InChI=1S/C20H17FN4O/c1-13-17-5-6-18(26)25(12-14-7-9-22-10-8-14)20(17)24-19(23-13)15-3-2-4-16(21)11-15/h2-4,7-11H,5-6,12H2,1H3. The number of carbonyl (C=O) groups is 1. The van der Waals surface area contributed by atoms with Gasteiger partial charge in [-0.25, -0.2) is 14.4 Å². The van der Waals surface area contributed by atoms with Gasteiger partial charge in [-0.2, -0.15) is 0 Å².